The summed E-state index contributed by atoms with van der Waals surface area (Å²) in [4.78, 5) is 18.3. The molecule has 7 heteroatoms. The first-order valence-corrected chi connectivity index (χ1v) is 6.47. The van der Waals surface area contributed by atoms with E-state index in [1.165, 1.54) is 6.20 Å². The number of aryl methyl sites for hydroxylation is 2. The number of rotatable bonds is 7. The number of hydrogen-bond acceptors (Lipinski definition) is 5. The number of pyridine rings is 1. The molecule has 0 saturated heterocycles. The molecule has 20 heavy (non-hydrogen) atoms. The summed E-state index contributed by atoms with van der Waals surface area (Å²) in [6, 6.07) is 1.70. The number of unbranched alkanes of at least 4 members (excludes halogenated alkanes) is 1. The molecule has 0 aliphatic heterocycles. The monoisotopic (exact) mass is 275 g/mol. The molecule has 0 bridgehead atoms. The molecule has 0 aliphatic carbocycles. The van der Waals surface area contributed by atoms with Crippen molar-refractivity contribution in [2.24, 2.45) is 0 Å². The lowest BCUT2D eigenvalue weighted by Gasteiger charge is -2.06. The standard InChI is InChI=1S/C13H17N5O2/c1-11-8-13(16-9-12(11)18(19)20)15-4-2-3-6-17-7-5-14-10-17/h5,7-10H,2-4,6H2,1H3,(H,15,16). The maximum atomic E-state index is 10.7. The second kappa shape index (κ2) is 6.65. The molecule has 0 spiro atoms. The van der Waals surface area contributed by atoms with Crippen LogP contribution in [0.4, 0.5) is 11.5 Å². The molecule has 2 rings (SSSR count). The lowest BCUT2D eigenvalue weighted by Crippen LogP contribution is -2.06. The maximum absolute atomic E-state index is 10.7. The molecule has 2 aromatic rings. The summed E-state index contributed by atoms with van der Waals surface area (Å²) >= 11 is 0. The van der Waals surface area contributed by atoms with E-state index in [1.807, 2.05) is 10.8 Å². The van der Waals surface area contributed by atoms with Crippen molar-refractivity contribution in [3.8, 4) is 0 Å². The van der Waals surface area contributed by atoms with Gasteiger partial charge in [-0.15, -0.1) is 0 Å². The van der Waals surface area contributed by atoms with E-state index in [4.69, 9.17) is 0 Å². The Morgan fingerprint density at radius 1 is 1.45 bits per heavy atom. The molecule has 0 radical (unpaired) electrons. The van der Waals surface area contributed by atoms with Crippen LogP contribution in [0, 0.1) is 17.0 Å². The zero-order chi connectivity index (χ0) is 14.4. The highest BCUT2D eigenvalue weighted by molar-refractivity contribution is 5.46. The minimum absolute atomic E-state index is 0.0515. The molecular formula is C13H17N5O2. The quantitative estimate of drug-likeness (QED) is 0.476. The number of nitro groups is 1. The van der Waals surface area contributed by atoms with Gasteiger partial charge in [0.25, 0.3) is 5.69 Å². The van der Waals surface area contributed by atoms with E-state index in [9.17, 15) is 10.1 Å². The molecule has 7 nitrogen and oxygen atoms in total. The van der Waals surface area contributed by atoms with Gasteiger partial charge in [0.15, 0.2) is 0 Å². The van der Waals surface area contributed by atoms with Crippen molar-refractivity contribution >= 4 is 11.5 Å². The molecule has 106 valence electrons. The number of imidazole rings is 1. The molecule has 0 aromatic carbocycles. The predicted octanol–water partition coefficient (Wildman–Crippen LogP) is 2.39. The molecule has 0 fully saturated rings. The SMILES string of the molecule is Cc1cc(NCCCCn2ccnc2)ncc1[N+](=O)[O-]. The van der Waals surface area contributed by atoms with Gasteiger partial charge in [0, 0.05) is 31.0 Å². The molecular weight excluding hydrogens is 258 g/mol. The number of nitrogens with zero attached hydrogens (tertiary/aromatic N) is 4. The highest BCUT2D eigenvalue weighted by Crippen LogP contribution is 2.18. The summed E-state index contributed by atoms with van der Waals surface area (Å²) in [6.45, 7) is 3.44. The largest absolute Gasteiger partial charge is 0.370 e. The first kappa shape index (κ1) is 14.0. The van der Waals surface area contributed by atoms with E-state index >= 15 is 0 Å². The third-order valence-corrected chi connectivity index (χ3v) is 2.99. The molecule has 0 aliphatic rings. The Balaban J connectivity index is 1.74. The smallest absolute Gasteiger partial charge is 0.290 e. The van der Waals surface area contributed by atoms with Crippen LogP contribution in [0.3, 0.4) is 0 Å². The summed E-state index contributed by atoms with van der Waals surface area (Å²) in [5, 5.41) is 13.9. The minimum Gasteiger partial charge on any atom is -0.370 e. The van der Waals surface area contributed by atoms with Gasteiger partial charge < -0.3 is 9.88 Å². The van der Waals surface area contributed by atoms with Gasteiger partial charge in [0.05, 0.1) is 11.3 Å². The normalized spacial score (nSPS) is 10.4. The van der Waals surface area contributed by atoms with Gasteiger partial charge in [0.1, 0.15) is 12.0 Å². The van der Waals surface area contributed by atoms with Crippen LogP contribution in [0.15, 0.2) is 31.0 Å². The second-order valence-electron chi connectivity index (χ2n) is 4.55. The van der Waals surface area contributed by atoms with Gasteiger partial charge in [-0.2, -0.15) is 0 Å². The molecule has 0 amide bonds. The van der Waals surface area contributed by atoms with Gasteiger partial charge in [-0.1, -0.05) is 0 Å². The predicted molar refractivity (Wildman–Crippen MR) is 75.6 cm³/mol. The van der Waals surface area contributed by atoms with Crippen molar-refractivity contribution in [2.45, 2.75) is 26.3 Å². The minimum atomic E-state index is -0.419. The summed E-state index contributed by atoms with van der Waals surface area (Å²) in [6.07, 6.45) is 8.83. The number of nitrogens with one attached hydrogen (secondary N) is 1. The van der Waals surface area contributed by atoms with Gasteiger partial charge >= 0.3 is 0 Å². The van der Waals surface area contributed by atoms with Gasteiger partial charge in [-0.3, -0.25) is 10.1 Å². The molecule has 0 atom stereocenters. The fourth-order valence-corrected chi connectivity index (χ4v) is 1.89. The van der Waals surface area contributed by atoms with Crippen molar-refractivity contribution in [1.82, 2.24) is 14.5 Å². The summed E-state index contributed by atoms with van der Waals surface area (Å²) in [5.74, 6) is 0.677. The Bertz CT molecular complexity index is 568. The van der Waals surface area contributed by atoms with Gasteiger partial charge in [-0.25, -0.2) is 9.97 Å². The van der Waals surface area contributed by atoms with Crippen LogP contribution in [0.1, 0.15) is 18.4 Å². The molecule has 0 saturated carbocycles. The fraction of sp³-hybridized carbons (Fsp3) is 0.385. The average Bonchev–Trinajstić information content (AvgIpc) is 2.91. The summed E-state index contributed by atoms with van der Waals surface area (Å²) in [7, 11) is 0. The zero-order valence-electron chi connectivity index (χ0n) is 11.3. The third kappa shape index (κ3) is 3.78. The van der Waals surface area contributed by atoms with Crippen LogP contribution in [-0.4, -0.2) is 26.0 Å². The second-order valence-corrected chi connectivity index (χ2v) is 4.55. The molecule has 2 aromatic heterocycles. The highest BCUT2D eigenvalue weighted by Gasteiger charge is 2.10. The fourth-order valence-electron chi connectivity index (χ4n) is 1.89. The van der Waals surface area contributed by atoms with Crippen LogP contribution < -0.4 is 5.32 Å². The Kier molecular flexibility index (Phi) is 4.65. The first-order chi connectivity index (χ1) is 9.66. The van der Waals surface area contributed by atoms with Crippen molar-refractivity contribution < 1.29 is 4.92 Å². The van der Waals surface area contributed by atoms with Crippen LogP contribution in [0.5, 0.6) is 0 Å². The van der Waals surface area contributed by atoms with Crippen LogP contribution in [-0.2, 0) is 6.54 Å². The van der Waals surface area contributed by atoms with E-state index in [0.29, 0.717) is 11.4 Å². The summed E-state index contributed by atoms with van der Waals surface area (Å²) in [5.41, 5.74) is 0.668. The van der Waals surface area contributed by atoms with Crippen LogP contribution >= 0.6 is 0 Å². The topological polar surface area (TPSA) is 85.9 Å². The molecule has 2 heterocycles. The summed E-state index contributed by atoms with van der Waals surface area (Å²) < 4.78 is 2.04. The first-order valence-electron chi connectivity index (χ1n) is 6.47. The van der Waals surface area contributed by atoms with Crippen molar-refractivity contribution in [3.63, 3.8) is 0 Å². The Morgan fingerprint density at radius 3 is 2.95 bits per heavy atom. The third-order valence-electron chi connectivity index (χ3n) is 2.99. The molecule has 1 N–H and O–H groups in total. The number of anilines is 1. The van der Waals surface area contributed by atoms with Crippen molar-refractivity contribution in [3.05, 3.63) is 46.7 Å². The number of aromatic nitrogens is 3. The molecule has 0 unspecified atom stereocenters. The van der Waals surface area contributed by atoms with E-state index in [2.05, 4.69) is 15.3 Å². The van der Waals surface area contributed by atoms with Gasteiger partial charge in [-0.05, 0) is 25.8 Å². The highest BCUT2D eigenvalue weighted by atomic mass is 16.6. The van der Waals surface area contributed by atoms with Gasteiger partial charge in [0.2, 0.25) is 0 Å². The van der Waals surface area contributed by atoms with E-state index in [1.54, 1.807) is 25.5 Å². The van der Waals surface area contributed by atoms with E-state index < -0.39 is 4.92 Å². The lowest BCUT2D eigenvalue weighted by molar-refractivity contribution is -0.385. The van der Waals surface area contributed by atoms with Crippen molar-refractivity contribution in [2.75, 3.05) is 11.9 Å². The Hall–Kier alpha value is -2.44. The van der Waals surface area contributed by atoms with E-state index in [-0.39, 0.29) is 5.69 Å². The Morgan fingerprint density at radius 2 is 2.30 bits per heavy atom. The maximum Gasteiger partial charge on any atom is 0.290 e. The van der Waals surface area contributed by atoms with Crippen molar-refractivity contribution in [1.29, 1.82) is 0 Å². The number of hydrogen-bond donors (Lipinski definition) is 1. The van der Waals surface area contributed by atoms with Crippen LogP contribution in [0.25, 0.3) is 0 Å². The van der Waals surface area contributed by atoms with Crippen LogP contribution in [0.2, 0.25) is 0 Å². The van der Waals surface area contributed by atoms with E-state index in [0.717, 1.165) is 25.9 Å². The average molecular weight is 275 g/mol. The lowest BCUT2D eigenvalue weighted by atomic mass is 10.2. The zero-order valence-corrected chi connectivity index (χ0v) is 11.3. The Labute approximate surface area is 116 Å².